The molecule has 3 N–H and O–H groups in total. The molecule has 4 nitrogen and oxygen atoms in total. The van der Waals surface area contributed by atoms with Crippen molar-refractivity contribution in [3.8, 4) is 0 Å². The van der Waals surface area contributed by atoms with Crippen molar-refractivity contribution >= 4 is 10.0 Å². The van der Waals surface area contributed by atoms with E-state index in [0.29, 0.717) is 10.8 Å². The summed E-state index contributed by atoms with van der Waals surface area (Å²) in [5, 5.41) is 0. The maximum Gasteiger partial charge on any atom is 0.241 e. The molecule has 0 aromatic heterocycles. The molecular formula is C16H28N2O2S. The lowest BCUT2D eigenvalue weighted by atomic mass is 10.0. The van der Waals surface area contributed by atoms with Gasteiger partial charge in [0.05, 0.1) is 4.90 Å². The Labute approximate surface area is 129 Å². The molecule has 0 bridgehead atoms. The van der Waals surface area contributed by atoms with Crippen molar-refractivity contribution in [3.05, 3.63) is 28.3 Å². The molecule has 0 heterocycles. The molecule has 0 spiro atoms. The predicted molar refractivity (Wildman–Crippen MR) is 88.0 cm³/mol. The van der Waals surface area contributed by atoms with E-state index >= 15 is 0 Å². The van der Waals surface area contributed by atoms with E-state index in [4.69, 9.17) is 5.73 Å². The highest BCUT2D eigenvalue weighted by Gasteiger charge is 2.22. The van der Waals surface area contributed by atoms with Gasteiger partial charge < -0.3 is 5.73 Å². The molecule has 21 heavy (non-hydrogen) atoms. The van der Waals surface area contributed by atoms with Crippen LogP contribution in [0.5, 0.6) is 0 Å². The summed E-state index contributed by atoms with van der Waals surface area (Å²) in [5.41, 5.74) is 9.57. The van der Waals surface area contributed by atoms with Crippen molar-refractivity contribution < 1.29 is 8.42 Å². The van der Waals surface area contributed by atoms with E-state index in [1.165, 1.54) is 0 Å². The number of nitrogens with two attached hydrogens (primary N) is 1. The first kappa shape index (κ1) is 18.1. The Kier molecular flexibility index (Phi) is 5.96. The third-order valence-electron chi connectivity index (χ3n) is 3.88. The predicted octanol–water partition coefficient (Wildman–Crippen LogP) is 2.57. The minimum Gasteiger partial charge on any atom is -0.327 e. The highest BCUT2D eigenvalue weighted by Crippen LogP contribution is 2.25. The standard InChI is InChI=1S/C16H28N2O2S/c1-10(2)7-15(17)9-18-21(19,20)16-13(5)11(3)8-12(4)14(16)6/h8,10,15,18H,7,9,17H2,1-6H3. The Balaban J connectivity index is 3.04. The van der Waals surface area contributed by atoms with Crippen molar-refractivity contribution in [2.24, 2.45) is 11.7 Å². The molecule has 0 aliphatic carbocycles. The summed E-state index contributed by atoms with van der Waals surface area (Å²) < 4.78 is 27.9. The maximum atomic E-state index is 12.6. The SMILES string of the molecule is Cc1cc(C)c(C)c(S(=O)(=O)NCC(N)CC(C)C)c1C. The van der Waals surface area contributed by atoms with E-state index in [1.807, 2.05) is 33.8 Å². The quantitative estimate of drug-likeness (QED) is 0.848. The molecular weight excluding hydrogens is 284 g/mol. The van der Waals surface area contributed by atoms with Crippen molar-refractivity contribution in [1.82, 2.24) is 4.72 Å². The van der Waals surface area contributed by atoms with Gasteiger partial charge in [-0.25, -0.2) is 13.1 Å². The van der Waals surface area contributed by atoms with Crippen molar-refractivity contribution in [2.45, 2.75) is 58.9 Å². The smallest absolute Gasteiger partial charge is 0.241 e. The zero-order chi connectivity index (χ0) is 16.4. The van der Waals surface area contributed by atoms with Crippen LogP contribution in [-0.2, 0) is 10.0 Å². The molecule has 0 aliphatic heterocycles. The number of aryl methyl sites for hydroxylation is 2. The van der Waals surface area contributed by atoms with Crippen molar-refractivity contribution in [2.75, 3.05) is 6.54 Å². The fraction of sp³-hybridized carbons (Fsp3) is 0.625. The van der Waals surface area contributed by atoms with Gasteiger partial charge in [0, 0.05) is 12.6 Å². The lowest BCUT2D eigenvalue weighted by molar-refractivity contribution is 0.485. The van der Waals surface area contributed by atoms with Gasteiger partial charge in [0.15, 0.2) is 0 Å². The minimum atomic E-state index is -3.53. The number of hydrogen-bond donors (Lipinski definition) is 2. The average molecular weight is 312 g/mol. The minimum absolute atomic E-state index is 0.161. The van der Waals surface area contributed by atoms with E-state index in [1.54, 1.807) is 0 Å². The number of sulfonamides is 1. The Morgan fingerprint density at radius 1 is 1.10 bits per heavy atom. The Hall–Kier alpha value is -0.910. The number of hydrogen-bond acceptors (Lipinski definition) is 3. The molecule has 0 fully saturated rings. The third-order valence-corrected chi connectivity index (χ3v) is 5.57. The van der Waals surface area contributed by atoms with E-state index < -0.39 is 10.0 Å². The zero-order valence-corrected chi connectivity index (χ0v) is 14.8. The highest BCUT2D eigenvalue weighted by molar-refractivity contribution is 7.89. The second-order valence-electron chi connectivity index (χ2n) is 6.33. The average Bonchev–Trinajstić information content (AvgIpc) is 2.33. The molecule has 1 atom stereocenters. The van der Waals surface area contributed by atoms with Crippen LogP contribution in [0.4, 0.5) is 0 Å². The summed E-state index contributed by atoms with van der Waals surface area (Å²) in [6.07, 6.45) is 0.799. The molecule has 1 aromatic rings. The molecule has 0 amide bonds. The van der Waals surface area contributed by atoms with Crippen LogP contribution in [0.2, 0.25) is 0 Å². The second-order valence-corrected chi connectivity index (χ2v) is 8.03. The summed E-state index contributed by atoms with van der Waals surface area (Å²) in [7, 11) is -3.53. The summed E-state index contributed by atoms with van der Waals surface area (Å²) in [4.78, 5) is 0.400. The van der Waals surface area contributed by atoms with Crippen LogP contribution in [0.1, 0.15) is 42.5 Å². The van der Waals surface area contributed by atoms with Crippen LogP contribution < -0.4 is 10.5 Å². The summed E-state index contributed by atoms with van der Waals surface area (Å²) in [6.45, 7) is 12.0. The fourth-order valence-corrected chi connectivity index (χ4v) is 4.27. The number of benzene rings is 1. The van der Waals surface area contributed by atoms with Crippen LogP contribution in [0.15, 0.2) is 11.0 Å². The molecule has 120 valence electrons. The van der Waals surface area contributed by atoms with Gasteiger partial charge in [0.25, 0.3) is 0 Å². The molecule has 5 heteroatoms. The Morgan fingerprint density at radius 2 is 1.57 bits per heavy atom. The van der Waals surface area contributed by atoms with Gasteiger partial charge in [0.1, 0.15) is 0 Å². The van der Waals surface area contributed by atoms with E-state index in [9.17, 15) is 8.42 Å². The van der Waals surface area contributed by atoms with Gasteiger partial charge in [-0.2, -0.15) is 0 Å². The summed E-state index contributed by atoms with van der Waals surface area (Å²) in [5.74, 6) is 0.453. The molecule has 1 aromatic carbocycles. The van der Waals surface area contributed by atoms with Gasteiger partial charge in [-0.05, 0) is 62.3 Å². The first-order chi connectivity index (χ1) is 9.56. The van der Waals surface area contributed by atoms with E-state index in [2.05, 4.69) is 18.6 Å². The molecule has 1 rings (SSSR count). The molecule has 0 saturated carbocycles. The van der Waals surface area contributed by atoms with E-state index in [-0.39, 0.29) is 12.6 Å². The molecule has 0 saturated heterocycles. The maximum absolute atomic E-state index is 12.6. The van der Waals surface area contributed by atoms with Crippen LogP contribution in [0, 0.1) is 33.6 Å². The van der Waals surface area contributed by atoms with Gasteiger partial charge in [-0.15, -0.1) is 0 Å². The number of nitrogens with one attached hydrogen (secondary N) is 1. The van der Waals surface area contributed by atoms with Gasteiger partial charge in [-0.3, -0.25) is 0 Å². The normalized spacial score (nSPS) is 13.7. The topological polar surface area (TPSA) is 72.2 Å². The lowest BCUT2D eigenvalue weighted by Gasteiger charge is -2.18. The monoisotopic (exact) mass is 312 g/mol. The van der Waals surface area contributed by atoms with Crippen LogP contribution >= 0.6 is 0 Å². The molecule has 0 aliphatic rings. The Bertz CT molecular complexity index is 581. The first-order valence-corrected chi connectivity index (χ1v) is 8.87. The van der Waals surface area contributed by atoms with Crippen LogP contribution in [0.3, 0.4) is 0 Å². The fourth-order valence-electron chi connectivity index (χ4n) is 2.56. The van der Waals surface area contributed by atoms with Gasteiger partial charge in [-0.1, -0.05) is 19.9 Å². The first-order valence-electron chi connectivity index (χ1n) is 7.39. The third kappa shape index (κ3) is 4.53. The highest BCUT2D eigenvalue weighted by atomic mass is 32.2. The van der Waals surface area contributed by atoms with Crippen LogP contribution in [0.25, 0.3) is 0 Å². The van der Waals surface area contributed by atoms with E-state index in [0.717, 1.165) is 28.7 Å². The molecule has 1 unspecified atom stereocenters. The summed E-state index contributed by atoms with van der Waals surface area (Å²) in [6, 6.07) is 1.86. The van der Waals surface area contributed by atoms with Crippen LogP contribution in [-0.4, -0.2) is 21.0 Å². The van der Waals surface area contributed by atoms with Gasteiger partial charge in [0.2, 0.25) is 10.0 Å². The van der Waals surface area contributed by atoms with Gasteiger partial charge >= 0.3 is 0 Å². The Morgan fingerprint density at radius 3 is 2.00 bits per heavy atom. The number of rotatable bonds is 6. The summed E-state index contributed by atoms with van der Waals surface area (Å²) >= 11 is 0. The lowest BCUT2D eigenvalue weighted by Crippen LogP contribution is -2.38. The largest absolute Gasteiger partial charge is 0.327 e. The van der Waals surface area contributed by atoms with Crippen molar-refractivity contribution in [1.29, 1.82) is 0 Å². The zero-order valence-electron chi connectivity index (χ0n) is 13.9. The second kappa shape index (κ2) is 6.90. The molecule has 0 radical (unpaired) electrons. The van der Waals surface area contributed by atoms with Crippen molar-refractivity contribution in [3.63, 3.8) is 0 Å².